The summed E-state index contributed by atoms with van der Waals surface area (Å²) < 4.78 is 6.47. The van der Waals surface area contributed by atoms with Crippen molar-refractivity contribution < 1.29 is 4.42 Å². The van der Waals surface area contributed by atoms with E-state index in [1.54, 1.807) is 6.20 Å². The van der Waals surface area contributed by atoms with Crippen molar-refractivity contribution in [2.45, 2.75) is 0 Å². The molecule has 0 aliphatic rings. The van der Waals surface area contributed by atoms with Gasteiger partial charge in [-0.15, -0.1) is 0 Å². The van der Waals surface area contributed by atoms with Crippen molar-refractivity contribution in [3.63, 3.8) is 0 Å². The molecule has 0 N–H and O–H groups in total. The van der Waals surface area contributed by atoms with Gasteiger partial charge in [0.05, 0.1) is 5.69 Å². The Morgan fingerprint density at radius 2 is 1.12 bits per heavy atom. The molecule has 6 aromatic carbocycles. The van der Waals surface area contributed by atoms with Gasteiger partial charge in [0.15, 0.2) is 5.58 Å². The smallest absolute Gasteiger partial charge is 0.159 e. The second-order valence-corrected chi connectivity index (χ2v) is 10.5. The van der Waals surface area contributed by atoms with Crippen molar-refractivity contribution in [3.8, 4) is 22.3 Å². The molecule has 8 rings (SSSR count). The van der Waals surface area contributed by atoms with Gasteiger partial charge < -0.3 is 9.32 Å². The van der Waals surface area contributed by atoms with Gasteiger partial charge in [-0.05, 0) is 75.5 Å². The summed E-state index contributed by atoms with van der Waals surface area (Å²) >= 11 is 0. The highest BCUT2D eigenvalue weighted by molar-refractivity contribution is 6.10. The molecule has 198 valence electrons. The van der Waals surface area contributed by atoms with Gasteiger partial charge in [-0.3, -0.25) is 4.98 Å². The Morgan fingerprint density at radius 1 is 0.476 bits per heavy atom. The number of aromatic nitrogens is 1. The molecule has 0 amide bonds. The van der Waals surface area contributed by atoms with E-state index in [4.69, 9.17) is 4.42 Å². The van der Waals surface area contributed by atoms with Gasteiger partial charge in [-0.25, -0.2) is 0 Å². The summed E-state index contributed by atoms with van der Waals surface area (Å²) in [5.74, 6) is 0. The zero-order chi connectivity index (χ0) is 27.9. The van der Waals surface area contributed by atoms with Gasteiger partial charge in [0.1, 0.15) is 5.58 Å². The predicted octanol–water partition coefficient (Wildman–Crippen LogP) is 10.9. The topological polar surface area (TPSA) is 29.3 Å². The highest BCUT2D eigenvalue weighted by Gasteiger charge is 2.20. The molecule has 2 aromatic heterocycles. The number of para-hydroxylation sites is 1. The normalized spacial score (nSPS) is 11.3. The van der Waals surface area contributed by atoms with Crippen LogP contribution in [0.15, 0.2) is 162 Å². The van der Waals surface area contributed by atoms with Crippen LogP contribution in [0.5, 0.6) is 0 Å². The molecule has 0 unspecified atom stereocenters. The first-order chi connectivity index (χ1) is 20.8. The Kier molecular flexibility index (Phi) is 5.79. The number of furan rings is 1. The average molecular weight is 539 g/mol. The van der Waals surface area contributed by atoms with Crippen LogP contribution in [-0.4, -0.2) is 4.98 Å². The number of fused-ring (bicyclic) bond motifs is 4. The Morgan fingerprint density at radius 3 is 1.90 bits per heavy atom. The largest absolute Gasteiger partial charge is 0.454 e. The molecule has 0 radical (unpaired) electrons. The molecule has 0 saturated carbocycles. The van der Waals surface area contributed by atoms with E-state index in [-0.39, 0.29) is 0 Å². The third-order valence-electron chi connectivity index (χ3n) is 7.94. The highest BCUT2D eigenvalue weighted by atomic mass is 16.3. The third-order valence-corrected chi connectivity index (χ3v) is 7.94. The first-order valence-corrected chi connectivity index (χ1v) is 14.1. The molecule has 42 heavy (non-hydrogen) atoms. The van der Waals surface area contributed by atoms with E-state index in [0.717, 1.165) is 39.0 Å². The van der Waals surface area contributed by atoms with Crippen molar-refractivity contribution in [2.75, 3.05) is 4.90 Å². The minimum absolute atomic E-state index is 0.832. The number of rotatable bonds is 5. The molecule has 0 aliphatic heterocycles. The number of anilines is 3. The van der Waals surface area contributed by atoms with Gasteiger partial charge in [-0.2, -0.15) is 0 Å². The molecule has 0 spiro atoms. The monoisotopic (exact) mass is 538 g/mol. The Hall–Kier alpha value is -5.67. The zero-order valence-corrected chi connectivity index (χ0v) is 22.8. The lowest BCUT2D eigenvalue weighted by molar-refractivity contribution is 0.668. The van der Waals surface area contributed by atoms with Gasteiger partial charge in [0, 0.05) is 34.5 Å². The van der Waals surface area contributed by atoms with Crippen LogP contribution in [0.2, 0.25) is 0 Å². The quantitative estimate of drug-likeness (QED) is 0.218. The van der Waals surface area contributed by atoms with Crippen molar-refractivity contribution in [2.24, 2.45) is 0 Å². The van der Waals surface area contributed by atoms with Gasteiger partial charge >= 0.3 is 0 Å². The lowest BCUT2D eigenvalue weighted by Crippen LogP contribution is -2.10. The van der Waals surface area contributed by atoms with Crippen LogP contribution >= 0.6 is 0 Å². The fourth-order valence-corrected chi connectivity index (χ4v) is 5.85. The molecular formula is C39H26N2O. The molecular weight excluding hydrogens is 512 g/mol. The van der Waals surface area contributed by atoms with Crippen LogP contribution in [0.4, 0.5) is 17.1 Å². The van der Waals surface area contributed by atoms with Crippen LogP contribution in [0.1, 0.15) is 0 Å². The Balaban J connectivity index is 1.30. The molecule has 0 saturated heterocycles. The number of hydrogen-bond donors (Lipinski definition) is 0. The Bertz CT molecular complexity index is 2180. The van der Waals surface area contributed by atoms with Crippen LogP contribution in [-0.2, 0) is 0 Å². The molecule has 0 aliphatic carbocycles. The van der Waals surface area contributed by atoms with Crippen LogP contribution in [0, 0.1) is 0 Å². The van der Waals surface area contributed by atoms with Crippen LogP contribution in [0.25, 0.3) is 55.0 Å². The minimum atomic E-state index is 0.832. The lowest BCUT2D eigenvalue weighted by Gasteiger charge is -2.26. The summed E-state index contributed by atoms with van der Waals surface area (Å²) in [4.78, 5) is 6.64. The summed E-state index contributed by atoms with van der Waals surface area (Å²) in [7, 11) is 0. The summed E-state index contributed by atoms with van der Waals surface area (Å²) in [6.45, 7) is 0. The van der Waals surface area contributed by atoms with E-state index < -0.39 is 0 Å². The maximum Gasteiger partial charge on any atom is 0.159 e. The lowest BCUT2D eigenvalue weighted by atomic mass is 10.0. The van der Waals surface area contributed by atoms with E-state index in [1.165, 1.54) is 33.0 Å². The molecule has 0 fully saturated rings. The van der Waals surface area contributed by atoms with Gasteiger partial charge in [0.25, 0.3) is 0 Å². The van der Waals surface area contributed by atoms with E-state index >= 15 is 0 Å². The van der Waals surface area contributed by atoms with Crippen LogP contribution < -0.4 is 4.90 Å². The molecule has 3 nitrogen and oxygen atoms in total. The van der Waals surface area contributed by atoms with E-state index in [1.807, 2.05) is 18.3 Å². The molecule has 0 bridgehead atoms. The van der Waals surface area contributed by atoms with E-state index in [2.05, 4.69) is 143 Å². The maximum absolute atomic E-state index is 6.47. The summed E-state index contributed by atoms with van der Waals surface area (Å²) in [6.07, 6.45) is 3.65. The number of hydrogen-bond acceptors (Lipinski definition) is 3. The fourth-order valence-electron chi connectivity index (χ4n) is 5.85. The van der Waals surface area contributed by atoms with Gasteiger partial charge in [-0.1, -0.05) is 103 Å². The predicted molar refractivity (Wildman–Crippen MR) is 175 cm³/mol. The molecule has 0 atom stereocenters. The fraction of sp³-hybridized carbons (Fsp3) is 0. The number of benzene rings is 6. The number of pyridine rings is 1. The first-order valence-electron chi connectivity index (χ1n) is 14.1. The average Bonchev–Trinajstić information content (AvgIpc) is 3.45. The second-order valence-electron chi connectivity index (χ2n) is 10.5. The zero-order valence-electron chi connectivity index (χ0n) is 22.8. The highest BCUT2D eigenvalue weighted by Crippen LogP contribution is 2.43. The van der Waals surface area contributed by atoms with E-state index in [9.17, 15) is 0 Å². The van der Waals surface area contributed by atoms with Crippen molar-refractivity contribution in [3.05, 3.63) is 158 Å². The summed E-state index contributed by atoms with van der Waals surface area (Å²) in [6, 6.07) is 51.4. The van der Waals surface area contributed by atoms with Crippen molar-refractivity contribution in [1.29, 1.82) is 0 Å². The first kappa shape index (κ1) is 24.2. The molecule has 3 heteroatoms. The maximum atomic E-state index is 6.47. The van der Waals surface area contributed by atoms with Gasteiger partial charge in [0.2, 0.25) is 0 Å². The van der Waals surface area contributed by atoms with Crippen LogP contribution in [0.3, 0.4) is 0 Å². The minimum Gasteiger partial charge on any atom is -0.454 e. The van der Waals surface area contributed by atoms with Crippen molar-refractivity contribution >= 4 is 49.8 Å². The molecule has 2 heterocycles. The van der Waals surface area contributed by atoms with Crippen molar-refractivity contribution in [1.82, 2.24) is 4.98 Å². The second kappa shape index (κ2) is 10.1. The summed E-state index contributed by atoms with van der Waals surface area (Å²) in [5.41, 5.74) is 9.58. The standard InChI is InChI=1S/C39H26N2O/c1-3-8-27(9-4-1)29-16-19-33(20-17-29)41(37-13-7-12-35-36-26-40-23-22-38(36)42-39(35)37)34-21-18-31-24-30(14-15-32(31)25-34)28-10-5-2-6-11-28/h1-26H. The SMILES string of the molecule is c1ccc(-c2ccc(N(c3ccc4cc(-c5ccccc5)ccc4c3)c3cccc4c3oc3ccncc34)cc2)cc1. The van der Waals surface area contributed by atoms with E-state index in [0.29, 0.717) is 0 Å². The number of nitrogens with zero attached hydrogens (tertiary/aromatic N) is 2. The summed E-state index contributed by atoms with van der Waals surface area (Å²) in [5, 5.41) is 4.45. The third kappa shape index (κ3) is 4.20. The Labute approximate surface area is 243 Å². The molecule has 8 aromatic rings.